The number of likely N-dealkylation sites (N-methyl/N-ethyl adjacent to an activating group) is 1. The lowest BCUT2D eigenvalue weighted by Gasteiger charge is -2.28. The lowest BCUT2D eigenvalue weighted by Crippen LogP contribution is -2.42. The summed E-state index contributed by atoms with van der Waals surface area (Å²) in [7, 11) is 2.05. The van der Waals surface area contributed by atoms with E-state index in [2.05, 4.69) is 11.9 Å². The third kappa shape index (κ3) is 3.19. The van der Waals surface area contributed by atoms with Crippen molar-refractivity contribution in [1.82, 2.24) is 14.4 Å². The molecule has 0 spiro atoms. The molecule has 1 aliphatic rings. The van der Waals surface area contributed by atoms with Crippen molar-refractivity contribution in [1.29, 1.82) is 0 Å². The molecule has 6 nitrogen and oxygen atoms in total. The van der Waals surface area contributed by atoms with Crippen molar-refractivity contribution in [3.05, 3.63) is 24.0 Å². The van der Waals surface area contributed by atoms with E-state index in [1.165, 1.54) is 4.57 Å². The third-order valence-corrected chi connectivity index (χ3v) is 3.66. The number of hydrogen-bond donors (Lipinski definition) is 1. The molecule has 1 fully saturated rings. The maximum Gasteiger partial charge on any atom is 0.323 e. The first-order valence-corrected chi connectivity index (χ1v) is 6.85. The molecule has 1 amide bonds. The minimum absolute atomic E-state index is 0.0842. The SMILES string of the molecule is CC1CN(C)CCCN1C(=O)c1cccn1CC(=O)O. The van der Waals surface area contributed by atoms with Gasteiger partial charge in [-0.1, -0.05) is 0 Å². The van der Waals surface area contributed by atoms with Crippen LogP contribution < -0.4 is 0 Å². The highest BCUT2D eigenvalue weighted by molar-refractivity contribution is 5.93. The van der Waals surface area contributed by atoms with Crippen LogP contribution in [0.5, 0.6) is 0 Å². The van der Waals surface area contributed by atoms with Gasteiger partial charge in [-0.2, -0.15) is 0 Å². The summed E-state index contributed by atoms with van der Waals surface area (Å²) >= 11 is 0. The molecular weight excluding hydrogens is 258 g/mol. The summed E-state index contributed by atoms with van der Waals surface area (Å²) in [6.07, 6.45) is 2.57. The van der Waals surface area contributed by atoms with Crippen molar-refractivity contribution in [2.24, 2.45) is 0 Å². The minimum Gasteiger partial charge on any atom is -0.480 e. The van der Waals surface area contributed by atoms with Gasteiger partial charge in [-0.25, -0.2) is 0 Å². The number of hydrogen-bond acceptors (Lipinski definition) is 3. The molecule has 2 rings (SSSR count). The van der Waals surface area contributed by atoms with Crippen LogP contribution in [0.2, 0.25) is 0 Å². The average Bonchev–Trinajstić information content (AvgIpc) is 2.73. The second kappa shape index (κ2) is 6.09. The summed E-state index contributed by atoms with van der Waals surface area (Å²) < 4.78 is 1.49. The van der Waals surface area contributed by atoms with Gasteiger partial charge in [0.1, 0.15) is 12.2 Å². The molecule has 0 radical (unpaired) electrons. The van der Waals surface area contributed by atoms with E-state index in [-0.39, 0.29) is 18.5 Å². The lowest BCUT2D eigenvalue weighted by atomic mass is 10.2. The topological polar surface area (TPSA) is 65.8 Å². The second-order valence-electron chi connectivity index (χ2n) is 5.38. The van der Waals surface area contributed by atoms with Crippen LogP contribution in [0.3, 0.4) is 0 Å². The molecule has 1 N–H and O–H groups in total. The van der Waals surface area contributed by atoms with Gasteiger partial charge in [0.05, 0.1) is 0 Å². The number of carboxylic acids is 1. The Morgan fingerprint density at radius 1 is 1.40 bits per heavy atom. The van der Waals surface area contributed by atoms with Crippen molar-refractivity contribution in [3.8, 4) is 0 Å². The Morgan fingerprint density at radius 2 is 2.15 bits per heavy atom. The van der Waals surface area contributed by atoms with Crippen molar-refractivity contribution in [2.45, 2.75) is 25.9 Å². The minimum atomic E-state index is -0.945. The fourth-order valence-electron chi connectivity index (χ4n) is 2.71. The standard InChI is InChI=1S/C14H21N3O3/c1-11-9-15(2)6-4-8-17(11)14(20)12-5-3-7-16(12)10-13(18)19/h3,5,7,11H,4,6,8-10H2,1-2H3,(H,18,19). The van der Waals surface area contributed by atoms with E-state index < -0.39 is 5.97 Å². The van der Waals surface area contributed by atoms with Gasteiger partial charge < -0.3 is 19.5 Å². The lowest BCUT2D eigenvalue weighted by molar-refractivity contribution is -0.137. The molecule has 0 aromatic carbocycles. The third-order valence-electron chi connectivity index (χ3n) is 3.66. The van der Waals surface area contributed by atoms with E-state index in [4.69, 9.17) is 5.11 Å². The molecule has 20 heavy (non-hydrogen) atoms. The molecule has 1 saturated heterocycles. The monoisotopic (exact) mass is 279 g/mol. The predicted molar refractivity (Wildman–Crippen MR) is 74.7 cm³/mol. The van der Waals surface area contributed by atoms with Gasteiger partial charge in [0.25, 0.3) is 5.91 Å². The molecule has 110 valence electrons. The molecule has 0 aliphatic carbocycles. The second-order valence-corrected chi connectivity index (χ2v) is 5.38. The highest BCUT2D eigenvalue weighted by Crippen LogP contribution is 2.14. The molecule has 1 aromatic heterocycles. The number of nitrogens with zero attached hydrogens (tertiary/aromatic N) is 3. The van der Waals surface area contributed by atoms with Crippen LogP contribution in [0.1, 0.15) is 23.8 Å². The van der Waals surface area contributed by atoms with Gasteiger partial charge in [0.2, 0.25) is 0 Å². The maximum absolute atomic E-state index is 12.6. The first-order chi connectivity index (χ1) is 9.49. The Morgan fingerprint density at radius 3 is 2.85 bits per heavy atom. The number of rotatable bonds is 3. The maximum atomic E-state index is 12.6. The van der Waals surface area contributed by atoms with Gasteiger partial charge in [-0.3, -0.25) is 9.59 Å². The largest absolute Gasteiger partial charge is 0.480 e. The van der Waals surface area contributed by atoms with E-state index in [1.807, 2.05) is 11.8 Å². The normalized spacial score (nSPS) is 20.7. The average molecular weight is 279 g/mol. The van der Waals surface area contributed by atoms with Crippen molar-refractivity contribution < 1.29 is 14.7 Å². The Bertz CT molecular complexity index is 498. The number of carboxylic acid groups (broad SMARTS) is 1. The van der Waals surface area contributed by atoms with Crippen LogP contribution in [0.25, 0.3) is 0 Å². The smallest absolute Gasteiger partial charge is 0.323 e. The molecule has 1 aromatic rings. The van der Waals surface area contributed by atoms with Gasteiger partial charge in [-0.05, 0) is 39.1 Å². The Balaban J connectivity index is 2.18. The highest BCUT2D eigenvalue weighted by Gasteiger charge is 2.26. The number of amides is 1. The molecule has 0 bridgehead atoms. The summed E-state index contributed by atoms with van der Waals surface area (Å²) in [5.41, 5.74) is 0.448. The number of carbonyl (C=O) groups is 2. The Kier molecular flexibility index (Phi) is 4.44. The zero-order valence-electron chi connectivity index (χ0n) is 12.0. The summed E-state index contributed by atoms with van der Waals surface area (Å²) in [5.74, 6) is -1.03. The van der Waals surface area contributed by atoms with Crippen molar-refractivity contribution in [3.63, 3.8) is 0 Å². The van der Waals surface area contributed by atoms with Crippen LogP contribution in [0, 0.1) is 0 Å². The molecule has 1 unspecified atom stereocenters. The van der Waals surface area contributed by atoms with Crippen molar-refractivity contribution >= 4 is 11.9 Å². The first-order valence-electron chi connectivity index (χ1n) is 6.85. The molecule has 2 heterocycles. The summed E-state index contributed by atoms with van der Waals surface area (Å²) in [6, 6.07) is 3.53. The van der Waals surface area contributed by atoms with Crippen LogP contribution in [0.15, 0.2) is 18.3 Å². The highest BCUT2D eigenvalue weighted by atomic mass is 16.4. The summed E-state index contributed by atoms with van der Waals surface area (Å²) in [5, 5.41) is 8.88. The summed E-state index contributed by atoms with van der Waals surface area (Å²) in [6.45, 7) is 4.37. The molecule has 6 heteroatoms. The number of aromatic nitrogens is 1. The Hall–Kier alpha value is -1.82. The molecule has 1 aliphatic heterocycles. The quantitative estimate of drug-likeness (QED) is 0.886. The molecular formula is C14H21N3O3. The first kappa shape index (κ1) is 14.6. The van der Waals surface area contributed by atoms with Crippen LogP contribution >= 0.6 is 0 Å². The van der Waals surface area contributed by atoms with Crippen LogP contribution in [-0.2, 0) is 11.3 Å². The van der Waals surface area contributed by atoms with Crippen LogP contribution in [-0.4, -0.2) is 64.1 Å². The summed E-state index contributed by atoms with van der Waals surface area (Å²) in [4.78, 5) is 27.5. The van der Waals surface area contributed by atoms with E-state index in [9.17, 15) is 9.59 Å². The fourth-order valence-corrected chi connectivity index (χ4v) is 2.71. The van der Waals surface area contributed by atoms with Gasteiger partial charge in [0.15, 0.2) is 0 Å². The van der Waals surface area contributed by atoms with Crippen molar-refractivity contribution in [2.75, 3.05) is 26.7 Å². The predicted octanol–water partition coefficient (Wildman–Crippen LogP) is 0.739. The van der Waals surface area contributed by atoms with E-state index in [0.717, 1.165) is 19.5 Å². The Labute approximate surface area is 118 Å². The van der Waals surface area contributed by atoms with Gasteiger partial charge >= 0.3 is 5.97 Å². The zero-order chi connectivity index (χ0) is 14.7. The van der Waals surface area contributed by atoms with E-state index in [0.29, 0.717) is 12.2 Å². The zero-order valence-corrected chi connectivity index (χ0v) is 12.0. The number of carbonyl (C=O) groups excluding carboxylic acids is 1. The molecule has 0 saturated carbocycles. The van der Waals surface area contributed by atoms with E-state index in [1.54, 1.807) is 18.3 Å². The van der Waals surface area contributed by atoms with Gasteiger partial charge in [0, 0.05) is 25.3 Å². The van der Waals surface area contributed by atoms with Crippen LogP contribution in [0.4, 0.5) is 0 Å². The van der Waals surface area contributed by atoms with E-state index >= 15 is 0 Å². The number of aliphatic carboxylic acids is 1. The fraction of sp³-hybridized carbons (Fsp3) is 0.571. The van der Waals surface area contributed by atoms with Gasteiger partial charge in [-0.15, -0.1) is 0 Å². The molecule has 1 atom stereocenters.